The van der Waals surface area contributed by atoms with Gasteiger partial charge in [-0.2, -0.15) is 0 Å². The molecule has 4 rings (SSSR count). The van der Waals surface area contributed by atoms with Crippen molar-refractivity contribution in [2.24, 2.45) is 0 Å². The van der Waals surface area contributed by atoms with Crippen molar-refractivity contribution >= 4 is 17.3 Å². The Morgan fingerprint density at radius 2 is 1.12 bits per heavy atom. The second-order valence-electron chi connectivity index (χ2n) is 7.57. The lowest BCUT2D eigenvalue weighted by atomic mass is 10.0. The maximum absolute atomic E-state index is 4.85. The summed E-state index contributed by atoms with van der Waals surface area (Å²) in [6.45, 7) is 10.7. The number of pyridine rings is 2. The lowest BCUT2D eigenvalue weighted by Crippen LogP contribution is -2.17. The molecule has 3 heteroatoms. The highest BCUT2D eigenvalue weighted by atomic mass is 15.2. The first-order valence-electron chi connectivity index (χ1n) is 9.23. The summed E-state index contributed by atoms with van der Waals surface area (Å²) in [6, 6.07) is 9.03. The number of benzene rings is 1. The second-order valence-corrected chi connectivity index (χ2v) is 7.57. The van der Waals surface area contributed by atoms with Crippen LogP contribution >= 0.6 is 0 Å². The Morgan fingerprint density at radius 3 is 1.58 bits per heavy atom. The van der Waals surface area contributed by atoms with Gasteiger partial charge < -0.3 is 0 Å². The summed E-state index contributed by atoms with van der Waals surface area (Å²) < 4.78 is 0. The van der Waals surface area contributed by atoms with Crippen molar-refractivity contribution in [2.75, 3.05) is 4.90 Å². The van der Waals surface area contributed by atoms with Crippen molar-refractivity contribution < 1.29 is 0 Å². The molecule has 0 N–H and O–H groups in total. The van der Waals surface area contributed by atoms with E-state index in [1.54, 1.807) is 0 Å². The predicted molar refractivity (Wildman–Crippen MR) is 108 cm³/mol. The van der Waals surface area contributed by atoms with Gasteiger partial charge in [0.2, 0.25) is 0 Å². The van der Waals surface area contributed by atoms with Crippen LogP contribution in [0.3, 0.4) is 0 Å². The summed E-state index contributed by atoms with van der Waals surface area (Å²) in [4.78, 5) is 12.0. The number of nitrogens with zero attached hydrogens (tertiary/aromatic N) is 3. The van der Waals surface area contributed by atoms with E-state index >= 15 is 0 Å². The average Bonchev–Trinajstić information content (AvgIpc) is 2.71. The molecule has 0 amide bonds. The van der Waals surface area contributed by atoms with Gasteiger partial charge in [-0.05, 0) is 80.8 Å². The van der Waals surface area contributed by atoms with Gasteiger partial charge in [-0.3, -0.25) is 4.90 Å². The Morgan fingerprint density at radius 1 is 0.654 bits per heavy atom. The van der Waals surface area contributed by atoms with E-state index in [0.29, 0.717) is 0 Å². The first-order chi connectivity index (χ1) is 12.4. The van der Waals surface area contributed by atoms with Crippen molar-refractivity contribution in [1.29, 1.82) is 0 Å². The Hall–Kier alpha value is -2.68. The SMILES string of the molecule is Cc1cc(C)c(N2c3ncc(C)cc3CCc3cc(C)cnc32)c(C)c1. The predicted octanol–water partition coefficient (Wildman–Crippen LogP) is 5.59. The highest BCUT2D eigenvalue weighted by molar-refractivity contribution is 5.81. The minimum Gasteiger partial charge on any atom is -0.278 e. The van der Waals surface area contributed by atoms with Crippen LogP contribution in [0, 0.1) is 34.6 Å². The molecule has 2 aromatic heterocycles. The molecule has 3 heterocycles. The van der Waals surface area contributed by atoms with Crippen LogP contribution in [-0.4, -0.2) is 9.97 Å². The quantitative estimate of drug-likeness (QED) is 0.577. The smallest absolute Gasteiger partial charge is 0.141 e. The fourth-order valence-electron chi connectivity index (χ4n) is 4.12. The van der Waals surface area contributed by atoms with E-state index in [0.717, 1.165) is 24.5 Å². The van der Waals surface area contributed by atoms with Crippen molar-refractivity contribution in [2.45, 2.75) is 47.5 Å². The topological polar surface area (TPSA) is 29.0 Å². The van der Waals surface area contributed by atoms with Gasteiger partial charge in [0.15, 0.2) is 0 Å². The Labute approximate surface area is 155 Å². The molecule has 132 valence electrons. The second kappa shape index (κ2) is 6.24. The molecule has 26 heavy (non-hydrogen) atoms. The maximum Gasteiger partial charge on any atom is 0.141 e. The minimum atomic E-state index is 0.989. The molecule has 1 aromatic carbocycles. The third-order valence-electron chi connectivity index (χ3n) is 5.11. The van der Waals surface area contributed by atoms with Crippen LogP contribution in [-0.2, 0) is 12.8 Å². The van der Waals surface area contributed by atoms with E-state index in [-0.39, 0.29) is 0 Å². The van der Waals surface area contributed by atoms with Gasteiger partial charge in [0.25, 0.3) is 0 Å². The van der Waals surface area contributed by atoms with Gasteiger partial charge in [0.05, 0.1) is 5.69 Å². The van der Waals surface area contributed by atoms with E-state index in [1.165, 1.54) is 44.6 Å². The summed E-state index contributed by atoms with van der Waals surface area (Å²) in [6.07, 6.45) is 5.90. The lowest BCUT2D eigenvalue weighted by molar-refractivity contribution is 0.960. The van der Waals surface area contributed by atoms with Crippen LogP contribution in [0.15, 0.2) is 36.7 Å². The highest BCUT2D eigenvalue weighted by Crippen LogP contribution is 2.42. The maximum atomic E-state index is 4.85. The molecule has 0 saturated heterocycles. The molecule has 0 spiro atoms. The normalized spacial score (nSPS) is 13.2. The molecule has 1 aliphatic rings. The van der Waals surface area contributed by atoms with E-state index < -0.39 is 0 Å². The molecule has 0 radical (unpaired) electrons. The van der Waals surface area contributed by atoms with Gasteiger partial charge in [-0.1, -0.05) is 29.8 Å². The number of fused-ring (bicyclic) bond motifs is 2. The number of aromatic nitrogens is 2. The van der Waals surface area contributed by atoms with Crippen LogP contribution in [0.2, 0.25) is 0 Å². The third-order valence-corrected chi connectivity index (χ3v) is 5.11. The van der Waals surface area contributed by atoms with Gasteiger partial charge in [0.1, 0.15) is 11.6 Å². The summed E-state index contributed by atoms with van der Waals surface area (Å²) in [5.74, 6) is 2.03. The molecule has 0 unspecified atom stereocenters. The minimum absolute atomic E-state index is 0.989. The van der Waals surface area contributed by atoms with E-state index in [4.69, 9.17) is 9.97 Å². The Kier molecular flexibility index (Phi) is 4.03. The number of aryl methyl sites for hydroxylation is 7. The van der Waals surface area contributed by atoms with Crippen LogP contribution in [0.1, 0.15) is 38.9 Å². The number of anilines is 3. The molecule has 3 nitrogen and oxygen atoms in total. The fraction of sp³-hybridized carbons (Fsp3) is 0.304. The summed E-state index contributed by atoms with van der Waals surface area (Å²) in [5.41, 5.74) is 9.99. The van der Waals surface area contributed by atoms with Gasteiger partial charge in [-0.25, -0.2) is 9.97 Å². The number of hydrogen-bond acceptors (Lipinski definition) is 3. The molecule has 1 aliphatic heterocycles. The standard InChI is InChI=1S/C23H25N3/c1-14-8-17(4)21(18(5)9-14)26-22-19(10-15(2)12-24-22)6-7-20-11-16(3)13-25-23(20)26/h8-13H,6-7H2,1-5H3. The molecule has 0 atom stereocenters. The monoisotopic (exact) mass is 343 g/mol. The van der Waals surface area contributed by atoms with Gasteiger partial charge in [0, 0.05) is 12.4 Å². The molecule has 3 aromatic rings. The zero-order valence-electron chi connectivity index (χ0n) is 16.2. The first-order valence-corrected chi connectivity index (χ1v) is 9.23. The lowest BCUT2D eigenvalue weighted by Gasteiger charge is -2.28. The van der Waals surface area contributed by atoms with Crippen molar-refractivity contribution in [3.63, 3.8) is 0 Å². The van der Waals surface area contributed by atoms with Crippen LogP contribution in [0.25, 0.3) is 0 Å². The van der Waals surface area contributed by atoms with Gasteiger partial charge >= 0.3 is 0 Å². The zero-order valence-corrected chi connectivity index (χ0v) is 16.2. The van der Waals surface area contributed by atoms with Crippen molar-refractivity contribution in [3.05, 3.63) is 75.6 Å². The molecular formula is C23H25N3. The van der Waals surface area contributed by atoms with E-state index in [2.05, 4.69) is 63.8 Å². The van der Waals surface area contributed by atoms with Crippen molar-refractivity contribution in [3.8, 4) is 0 Å². The molecule has 0 bridgehead atoms. The first kappa shape index (κ1) is 16.8. The summed E-state index contributed by atoms with van der Waals surface area (Å²) >= 11 is 0. The zero-order chi connectivity index (χ0) is 18.4. The molecular weight excluding hydrogens is 318 g/mol. The average molecular weight is 343 g/mol. The van der Waals surface area contributed by atoms with Crippen molar-refractivity contribution in [1.82, 2.24) is 9.97 Å². The van der Waals surface area contributed by atoms with E-state index in [9.17, 15) is 0 Å². The Balaban J connectivity index is 2.04. The van der Waals surface area contributed by atoms with Gasteiger partial charge in [-0.15, -0.1) is 0 Å². The Bertz CT molecular complexity index is 928. The molecule has 0 aliphatic carbocycles. The number of hydrogen-bond donors (Lipinski definition) is 0. The van der Waals surface area contributed by atoms with Crippen LogP contribution < -0.4 is 4.90 Å². The van der Waals surface area contributed by atoms with Crippen LogP contribution in [0.4, 0.5) is 17.3 Å². The largest absolute Gasteiger partial charge is 0.278 e. The molecule has 0 fully saturated rings. The van der Waals surface area contributed by atoms with E-state index in [1.807, 2.05) is 12.4 Å². The van der Waals surface area contributed by atoms with Crippen LogP contribution in [0.5, 0.6) is 0 Å². The highest BCUT2D eigenvalue weighted by Gasteiger charge is 2.27. The fourth-order valence-corrected chi connectivity index (χ4v) is 4.12. The summed E-state index contributed by atoms with van der Waals surface area (Å²) in [5, 5.41) is 0. The summed E-state index contributed by atoms with van der Waals surface area (Å²) in [7, 11) is 0. The molecule has 0 saturated carbocycles. The third kappa shape index (κ3) is 2.78. The number of rotatable bonds is 1.